The Morgan fingerprint density at radius 1 is 1.25 bits per heavy atom. The van der Waals surface area contributed by atoms with E-state index >= 15 is 0 Å². The van der Waals surface area contributed by atoms with Crippen molar-refractivity contribution >= 4 is 0 Å². The minimum Gasteiger partial charge on any atom is -0.406 e. The largest absolute Gasteiger partial charge is 0.573 e. The maximum absolute atomic E-state index is 12.5. The fraction of sp³-hybridized carbons (Fsp3) is 0.211. The fourth-order valence-electron chi connectivity index (χ4n) is 3.33. The Bertz CT molecular complexity index is 1090. The number of nitrogens with zero attached hydrogens (tertiary/aromatic N) is 3. The topological polar surface area (TPSA) is 98.0 Å². The predicted molar refractivity (Wildman–Crippen MR) is 91.8 cm³/mol. The second-order valence-corrected chi connectivity index (χ2v) is 6.35. The van der Waals surface area contributed by atoms with Crippen LogP contribution in [0.2, 0.25) is 0 Å². The van der Waals surface area contributed by atoms with Gasteiger partial charge in [0.15, 0.2) is 0 Å². The molecule has 6 nitrogen and oxygen atoms in total. The molecule has 1 aromatic heterocycles. The maximum atomic E-state index is 12.5. The SMILES string of the molecule is N#Cc1cc(OC(F)(F)F)cc(-c2nc(-c3cccc4c3CCC4N)no2)c1. The highest BCUT2D eigenvalue weighted by Crippen LogP contribution is 2.36. The van der Waals surface area contributed by atoms with Crippen molar-refractivity contribution in [3.8, 4) is 34.7 Å². The lowest BCUT2D eigenvalue weighted by Gasteiger charge is -2.09. The van der Waals surface area contributed by atoms with E-state index in [-0.39, 0.29) is 23.1 Å². The number of nitriles is 1. The van der Waals surface area contributed by atoms with Gasteiger partial charge in [-0.15, -0.1) is 13.2 Å². The molecule has 0 bridgehead atoms. The quantitative estimate of drug-likeness (QED) is 0.727. The van der Waals surface area contributed by atoms with Gasteiger partial charge in [0.2, 0.25) is 5.82 Å². The first-order valence-corrected chi connectivity index (χ1v) is 8.37. The average Bonchev–Trinajstić information content (AvgIpc) is 3.27. The van der Waals surface area contributed by atoms with Crippen LogP contribution in [0.3, 0.4) is 0 Å². The summed E-state index contributed by atoms with van der Waals surface area (Å²) >= 11 is 0. The molecule has 4 rings (SSSR count). The van der Waals surface area contributed by atoms with Crippen molar-refractivity contribution in [3.63, 3.8) is 0 Å². The molecule has 0 saturated carbocycles. The lowest BCUT2D eigenvalue weighted by atomic mass is 10.0. The molecule has 0 aliphatic heterocycles. The highest BCUT2D eigenvalue weighted by molar-refractivity contribution is 5.67. The fourth-order valence-corrected chi connectivity index (χ4v) is 3.33. The molecular weight excluding hydrogens is 373 g/mol. The van der Waals surface area contributed by atoms with Crippen LogP contribution in [-0.2, 0) is 6.42 Å². The molecule has 1 aliphatic rings. The summed E-state index contributed by atoms with van der Waals surface area (Å²) in [5.41, 5.74) is 9.04. The molecule has 1 atom stereocenters. The zero-order chi connectivity index (χ0) is 19.9. The third-order valence-electron chi connectivity index (χ3n) is 4.50. The molecule has 9 heteroatoms. The van der Waals surface area contributed by atoms with Crippen LogP contribution < -0.4 is 10.5 Å². The lowest BCUT2D eigenvalue weighted by Crippen LogP contribution is -2.17. The first kappa shape index (κ1) is 18.0. The smallest absolute Gasteiger partial charge is 0.406 e. The summed E-state index contributed by atoms with van der Waals surface area (Å²) in [5, 5.41) is 13.0. The van der Waals surface area contributed by atoms with Crippen LogP contribution in [0.15, 0.2) is 40.9 Å². The van der Waals surface area contributed by atoms with Gasteiger partial charge in [0, 0.05) is 17.2 Å². The molecule has 0 fully saturated rings. The van der Waals surface area contributed by atoms with Crippen LogP contribution in [-0.4, -0.2) is 16.5 Å². The summed E-state index contributed by atoms with van der Waals surface area (Å²) < 4.78 is 46.7. The average molecular weight is 386 g/mol. The van der Waals surface area contributed by atoms with Gasteiger partial charge in [-0.05, 0) is 42.2 Å². The molecule has 0 spiro atoms. The Hall–Kier alpha value is -3.38. The van der Waals surface area contributed by atoms with Gasteiger partial charge in [0.05, 0.1) is 11.6 Å². The normalized spacial score (nSPS) is 15.9. The van der Waals surface area contributed by atoms with Crippen molar-refractivity contribution in [2.45, 2.75) is 25.2 Å². The summed E-state index contributed by atoms with van der Waals surface area (Å²) in [6, 6.07) is 10.8. The van der Waals surface area contributed by atoms with Gasteiger partial charge in [-0.2, -0.15) is 10.2 Å². The van der Waals surface area contributed by atoms with Crippen LogP contribution in [0.1, 0.15) is 29.2 Å². The van der Waals surface area contributed by atoms with Crippen molar-refractivity contribution in [3.05, 3.63) is 53.1 Å². The number of ether oxygens (including phenoxy) is 1. The number of rotatable bonds is 3. The van der Waals surface area contributed by atoms with E-state index in [1.807, 2.05) is 18.2 Å². The maximum Gasteiger partial charge on any atom is 0.573 e. The van der Waals surface area contributed by atoms with E-state index in [4.69, 9.17) is 15.5 Å². The molecule has 0 saturated heterocycles. The van der Waals surface area contributed by atoms with Crippen LogP contribution in [0.4, 0.5) is 13.2 Å². The zero-order valence-electron chi connectivity index (χ0n) is 14.3. The van der Waals surface area contributed by atoms with Crippen molar-refractivity contribution in [2.24, 2.45) is 5.73 Å². The Balaban J connectivity index is 1.73. The summed E-state index contributed by atoms with van der Waals surface area (Å²) in [7, 11) is 0. The Labute approximate surface area is 157 Å². The molecule has 1 unspecified atom stereocenters. The second-order valence-electron chi connectivity index (χ2n) is 6.35. The molecule has 3 aromatic rings. The first-order chi connectivity index (χ1) is 13.3. The number of aromatic nitrogens is 2. The standard InChI is InChI=1S/C19H13F3N4O2/c20-19(21,22)27-12-7-10(9-23)6-11(8-12)18-25-17(26-28-18)15-3-1-2-14-13(15)4-5-16(14)24/h1-3,6-8,16H,4-5,24H2. The zero-order valence-corrected chi connectivity index (χ0v) is 14.3. The van der Waals surface area contributed by atoms with Gasteiger partial charge in [-0.25, -0.2) is 0 Å². The Kier molecular flexibility index (Phi) is 4.28. The molecule has 28 heavy (non-hydrogen) atoms. The molecule has 1 heterocycles. The van der Waals surface area contributed by atoms with Gasteiger partial charge < -0.3 is 15.0 Å². The Morgan fingerprint density at radius 3 is 2.82 bits per heavy atom. The minimum absolute atomic E-state index is 0.0148. The van der Waals surface area contributed by atoms with Gasteiger partial charge in [-0.1, -0.05) is 23.4 Å². The van der Waals surface area contributed by atoms with E-state index in [0.717, 1.165) is 41.7 Å². The summed E-state index contributed by atoms with van der Waals surface area (Å²) in [5.74, 6) is -0.242. The van der Waals surface area contributed by atoms with Crippen molar-refractivity contribution < 1.29 is 22.4 Å². The number of alkyl halides is 3. The molecular formula is C19H13F3N4O2. The lowest BCUT2D eigenvalue weighted by molar-refractivity contribution is -0.274. The number of fused-ring (bicyclic) bond motifs is 1. The van der Waals surface area contributed by atoms with E-state index < -0.39 is 12.1 Å². The summed E-state index contributed by atoms with van der Waals surface area (Å²) in [4.78, 5) is 4.30. The van der Waals surface area contributed by atoms with E-state index in [1.165, 1.54) is 6.07 Å². The van der Waals surface area contributed by atoms with Crippen molar-refractivity contribution in [1.82, 2.24) is 10.1 Å². The van der Waals surface area contributed by atoms with E-state index in [9.17, 15) is 13.2 Å². The van der Waals surface area contributed by atoms with E-state index in [0.29, 0.717) is 5.82 Å². The van der Waals surface area contributed by atoms with Gasteiger partial charge in [0.25, 0.3) is 5.89 Å². The van der Waals surface area contributed by atoms with Gasteiger partial charge in [0.1, 0.15) is 5.75 Å². The van der Waals surface area contributed by atoms with Crippen LogP contribution in [0.5, 0.6) is 5.75 Å². The second kappa shape index (κ2) is 6.65. The highest BCUT2D eigenvalue weighted by Gasteiger charge is 2.31. The monoisotopic (exact) mass is 386 g/mol. The van der Waals surface area contributed by atoms with Gasteiger partial charge >= 0.3 is 6.36 Å². The van der Waals surface area contributed by atoms with Crippen LogP contribution >= 0.6 is 0 Å². The molecule has 2 N–H and O–H groups in total. The molecule has 142 valence electrons. The predicted octanol–water partition coefficient (Wildman–Crippen LogP) is 4.12. The minimum atomic E-state index is -4.88. The molecule has 1 aliphatic carbocycles. The number of hydrogen-bond donors (Lipinski definition) is 1. The van der Waals surface area contributed by atoms with Crippen molar-refractivity contribution in [1.29, 1.82) is 5.26 Å². The molecule has 2 aromatic carbocycles. The molecule has 0 radical (unpaired) electrons. The number of hydrogen-bond acceptors (Lipinski definition) is 6. The summed E-state index contributed by atoms with van der Waals surface area (Å²) in [6.07, 6.45) is -3.28. The number of benzene rings is 2. The third kappa shape index (κ3) is 3.42. The van der Waals surface area contributed by atoms with Crippen LogP contribution in [0.25, 0.3) is 22.8 Å². The highest BCUT2D eigenvalue weighted by atomic mass is 19.4. The van der Waals surface area contributed by atoms with Crippen LogP contribution in [0, 0.1) is 11.3 Å². The number of halogens is 3. The van der Waals surface area contributed by atoms with E-state index in [2.05, 4.69) is 14.9 Å². The third-order valence-corrected chi connectivity index (χ3v) is 4.50. The summed E-state index contributed by atoms with van der Waals surface area (Å²) in [6.45, 7) is 0. The Morgan fingerprint density at radius 2 is 2.07 bits per heavy atom. The van der Waals surface area contributed by atoms with E-state index in [1.54, 1.807) is 6.07 Å². The first-order valence-electron chi connectivity index (χ1n) is 8.37. The van der Waals surface area contributed by atoms with Gasteiger partial charge in [-0.3, -0.25) is 0 Å². The molecule has 0 amide bonds. The van der Waals surface area contributed by atoms with Crippen molar-refractivity contribution in [2.75, 3.05) is 0 Å². The number of nitrogens with two attached hydrogens (primary N) is 1.